The van der Waals surface area contributed by atoms with E-state index in [1.54, 1.807) is 0 Å². The summed E-state index contributed by atoms with van der Waals surface area (Å²) in [5.74, 6) is -1.72. The Hall–Kier alpha value is -2.38. The highest BCUT2D eigenvalue weighted by Crippen LogP contribution is 2.37. The Kier molecular flexibility index (Phi) is 5.98. The Morgan fingerprint density at radius 2 is 1.69 bits per heavy atom. The van der Waals surface area contributed by atoms with Crippen LogP contribution in [0.1, 0.15) is 33.3 Å². The molecule has 3 rings (SSSR count). The van der Waals surface area contributed by atoms with E-state index in [9.17, 15) is 26.0 Å². The van der Waals surface area contributed by atoms with Crippen LogP contribution < -0.4 is 14.9 Å². The molecule has 0 unspecified atom stereocenters. The van der Waals surface area contributed by atoms with Crippen LogP contribution in [0.2, 0.25) is 0 Å². The summed E-state index contributed by atoms with van der Waals surface area (Å²) in [5.41, 5.74) is -2.83. The highest BCUT2D eigenvalue weighted by molar-refractivity contribution is 7.92. The smallest absolute Gasteiger partial charge is 0.480 e. The first-order valence-electron chi connectivity index (χ1n) is 9.36. The van der Waals surface area contributed by atoms with Crippen molar-refractivity contribution in [1.82, 2.24) is 4.98 Å². The Morgan fingerprint density at radius 1 is 1.09 bits per heavy atom. The molecule has 0 bridgehead atoms. The van der Waals surface area contributed by atoms with Crippen LogP contribution in [0.15, 0.2) is 35.4 Å². The molecule has 2 heterocycles. The zero-order valence-corrected chi connectivity index (χ0v) is 18.7. The number of ether oxygens (including phenoxy) is 1. The van der Waals surface area contributed by atoms with Gasteiger partial charge in [0.05, 0.1) is 28.8 Å². The first-order valence-corrected chi connectivity index (χ1v) is 10.8. The van der Waals surface area contributed by atoms with E-state index in [4.69, 9.17) is 14.0 Å². The summed E-state index contributed by atoms with van der Waals surface area (Å²) >= 11 is 0. The lowest BCUT2D eigenvalue weighted by Gasteiger charge is -2.32. The summed E-state index contributed by atoms with van der Waals surface area (Å²) in [6.07, 6.45) is -3.69. The molecule has 0 saturated carbocycles. The van der Waals surface area contributed by atoms with Crippen molar-refractivity contribution in [2.24, 2.45) is 0 Å². The number of nitrogens with one attached hydrogen (secondary N) is 1. The Morgan fingerprint density at radius 3 is 2.22 bits per heavy atom. The average Bonchev–Trinajstić information content (AvgIpc) is 2.88. The van der Waals surface area contributed by atoms with Crippen molar-refractivity contribution in [2.75, 3.05) is 11.8 Å². The van der Waals surface area contributed by atoms with Crippen LogP contribution in [0, 0.1) is 5.82 Å². The highest BCUT2D eigenvalue weighted by Gasteiger charge is 2.52. The molecule has 1 aliphatic rings. The molecule has 0 amide bonds. The minimum absolute atomic E-state index is 0.132. The van der Waals surface area contributed by atoms with E-state index in [0.717, 1.165) is 6.07 Å². The Labute approximate surface area is 183 Å². The molecular weight excluding hydrogens is 455 g/mol. The number of hydrogen-bond donors (Lipinski definition) is 1. The first-order chi connectivity index (χ1) is 14.6. The SMILES string of the molecule is COc1ncc(B2OC(C)(C)C(C)(C)O2)cc1NS(=O)(=O)c1ccc(F)c(C(F)(F)F)c1. The molecule has 0 spiro atoms. The van der Waals surface area contributed by atoms with Crippen LogP contribution in [0.3, 0.4) is 0 Å². The molecule has 13 heteroatoms. The van der Waals surface area contributed by atoms with E-state index in [1.165, 1.54) is 19.4 Å². The Balaban J connectivity index is 1.97. The monoisotopic (exact) mass is 476 g/mol. The molecule has 174 valence electrons. The van der Waals surface area contributed by atoms with Gasteiger partial charge in [-0.25, -0.2) is 17.8 Å². The van der Waals surface area contributed by atoms with Gasteiger partial charge in [-0.1, -0.05) is 0 Å². The third kappa shape index (κ3) is 4.55. The first kappa shape index (κ1) is 24.3. The molecule has 0 atom stereocenters. The standard InChI is InChI=1S/C19H21BF4N2O5S/c1-17(2)18(3,4)31-20(30-17)11-8-15(16(29-5)25-10-11)26-32(27,28)12-6-7-14(21)13(9-12)19(22,23)24/h6-10,26H,1-5H3. The third-order valence-electron chi connectivity index (χ3n) is 5.39. The van der Waals surface area contributed by atoms with Crippen LogP contribution in [-0.4, -0.2) is 38.8 Å². The fourth-order valence-electron chi connectivity index (χ4n) is 2.90. The average molecular weight is 476 g/mol. The number of hydrogen-bond acceptors (Lipinski definition) is 6. The van der Waals surface area contributed by atoms with E-state index in [1.807, 2.05) is 27.7 Å². The normalized spacial score (nSPS) is 18.0. The number of benzene rings is 1. The lowest BCUT2D eigenvalue weighted by atomic mass is 9.80. The minimum atomic E-state index is -5.06. The van der Waals surface area contributed by atoms with Gasteiger partial charge in [-0.2, -0.15) is 13.2 Å². The molecule has 1 aliphatic heterocycles. The number of alkyl halides is 3. The fourth-order valence-corrected chi connectivity index (χ4v) is 3.98. The van der Waals surface area contributed by atoms with Crippen LogP contribution in [0.25, 0.3) is 0 Å². The predicted molar refractivity (Wildman–Crippen MR) is 109 cm³/mol. The molecule has 1 aromatic carbocycles. The second kappa shape index (κ2) is 7.89. The lowest BCUT2D eigenvalue weighted by Crippen LogP contribution is -2.41. The van der Waals surface area contributed by atoms with E-state index in [2.05, 4.69) is 9.71 Å². The zero-order chi connectivity index (χ0) is 24.1. The number of sulfonamides is 1. The van der Waals surface area contributed by atoms with E-state index >= 15 is 0 Å². The molecular formula is C19H21BF4N2O5S. The van der Waals surface area contributed by atoms with Gasteiger partial charge in [0.15, 0.2) is 0 Å². The predicted octanol–water partition coefficient (Wildman–Crippen LogP) is 3.35. The van der Waals surface area contributed by atoms with Gasteiger partial charge in [-0.3, -0.25) is 4.72 Å². The number of nitrogens with zero attached hydrogens (tertiary/aromatic N) is 1. The van der Waals surface area contributed by atoms with Crippen molar-refractivity contribution in [1.29, 1.82) is 0 Å². The maximum atomic E-state index is 13.6. The quantitative estimate of drug-likeness (QED) is 0.527. The van der Waals surface area contributed by atoms with Crippen molar-refractivity contribution in [3.63, 3.8) is 0 Å². The molecule has 2 aromatic rings. The molecule has 1 N–H and O–H groups in total. The molecule has 32 heavy (non-hydrogen) atoms. The second-order valence-corrected chi connectivity index (χ2v) is 9.84. The summed E-state index contributed by atoms with van der Waals surface area (Å²) < 4.78 is 97.1. The minimum Gasteiger partial charge on any atom is -0.480 e. The van der Waals surface area contributed by atoms with Crippen molar-refractivity contribution in [3.8, 4) is 5.88 Å². The third-order valence-corrected chi connectivity index (χ3v) is 6.75. The van der Waals surface area contributed by atoms with Gasteiger partial charge in [0.25, 0.3) is 10.0 Å². The molecule has 1 saturated heterocycles. The topological polar surface area (TPSA) is 86.8 Å². The molecule has 1 aromatic heterocycles. The van der Waals surface area contributed by atoms with Crippen LogP contribution in [-0.2, 0) is 25.5 Å². The van der Waals surface area contributed by atoms with E-state index in [-0.39, 0.29) is 17.6 Å². The number of pyridine rings is 1. The van der Waals surface area contributed by atoms with E-state index < -0.39 is 50.8 Å². The van der Waals surface area contributed by atoms with Gasteiger partial charge in [-0.05, 0) is 52.0 Å². The molecule has 1 fully saturated rings. The van der Waals surface area contributed by atoms with Crippen molar-refractivity contribution in [3.05, 3.63) is 41.8 Å². The van der Waals surface area contributed by atoms with Gasteiger partial charge in [0, 0.05) is 11.7 Å². The maximum Gasteiger partial charge on any atom is 0.496 e. The van der Waals surface area contributed by atoms with E-state index in [0.29, 0.717) is 11.5 Å². The van der Waals surface area contributed by atoms with Crippen molar-refractivity contribution in [2.45, 2.75) is 50.0 Å². The number of halogens is 4. The maximum absolute atomic E-state index is 13.6. The highest BCUT2D eigenvalue weighted by atomic mass is 32.2. The summed E-state index contributed by atoms with van der Waals surface area (Å²) in [4.78, 5) is 3.25. The summed E-state index contributed by atoms with van der Waals surface area (Å²) in [6, 6.07) is 2.73. The molecule has 7 nitrogen and oxygen atoms in total. The van der Waals surface area contributed by atoms with Crippen LogP contribution in [0.5, 0.6) is 5.88 Å². The lowest BCUT2D eigenvalue weighted by molar-refractivity contribution is -0.140. The summed E-state index contributed by atoms with van der Waals surface area (Å²) in [6.45, 7) is 7.33. The molecule has 0 aliphatic carbocycles. The number of rotatable bonds is 5. The van der Waals surface area contributed by atoms with Gasteiger partial charge in [0.2, 0.25) is 5.88 Å². The van der Waals surface area contributed by atoms with Crippen LogP contribution in [0.4, 0.5) is 23.2 Å². The second-order valence-electron chi connectivity index (χ2n) is 8.16. The fraction of sp³-hybridized carbons (Fsp3) is 0.421. The largest absolute Gasteiger partial charge is 0.496 e. The zero-order valence-electron chi connectivity index (χ0n) is 17.9. The number of methoxy groups -OCH3 is 1. The summed E-state index contributed by atoms with van der Waals surface area (Å²) in [5, 5.41) is 0. The van der Waals surface area contributed by atoms with Gasteiger partial charge < -0.3 is 14.0 Å². The van der Waals surface area contributed by atoms with Gasteiger partial charge in [0.1, 0.15) is 11.5 Å². The number of aromatic nitrogens is 1. The van der Waals surface area contributed by atoms with Crippen LogP contribution >= 0.6 is 0 Å². The summed E-state index contributed by atoms with van der Waals surface area (Å²) in [7, 11) is -4.18. The van der Waals surface area contributed by atoms with Crippen molar-refractivity contribution >= 4 is 28.3 Å². The van der Waals surface area contributed by atoms with Crippen molar-refractivity contribution < 1.29 is 40.0 Å². The van der Waals surface area contributed by atoms with Gasteiger partial charge >= 0.3 is 13.3 Å². The number of anilines is 1. The van der Waals surface area contributed by atoms with Gasteiger partial charge in [-0.15, -0.1) is 0 Å². The Bertz CT molecular complexity index is 1120. The molecule has 0 radical (unpaired) electrons.